The number of pyridine rings is 1. The number of rotatable bonds is 5. The van der Waals surface area contributed by atoms with Gasteiger partial charge in [0.1, 0.15) is 0 Å². The second-order valence-corrected chi connectivity index (χ2v) is 5.29. The van der Waals surface area contributed by atoms with Crippen LogP contribution in [0.4, 0.5) is 0 Å². The Bertz CT molecular complexity index is 873. The van der Waals surface area contributed by atoms with E-state index in [1.165, 1.54) is 6.20 Å². The van der Waals surface area contributed by atoms with Gasteiger partial charge < -0.3 is 0 Å². The van der Waals surface area contributed by atoms with Gasteiger partial charge in [-0.1, -0.05) is 66.7 Å². The summed E-state index contributed by atoms with van der Waals surface area (Å²) in [4.78, 5) is 16.1. The molecule has 1 amide bonds. The highest BCUT2D eigenvalue weighted by Gasteiger charge is 2.05. The van der Waals surface area contributed by atoms with Gasteiger partial charge in [0, 0.05) is 18.0 Å². The normalized spacial score (nSPS) is 11.4. The van der Waals surface area contributed by atoms with Crippen molar-refractivity contribution in [3.8, 4) is 0 Å². The summed E-state index contributed by atoms with van der Waals surface area (Å²) in [6.07, 6.45) is 6.97. The molecule has 2 aromatic carbocycles. The van der Waals surface area contributed by atoms with Crippen LogP contribution >= 0.6 is 0 Å². The molecule has 122 valence electrons. The van der Waals surface area contributed by atoms with Crippen LogP contribution in [0.5, 0.6) is 0 Å². The number of aromatic nitrogens is 1. The molecule has 0 atom stereocenters. The van der Waals surface area contributed by atoms with Crippen LogP contribution in [-0.4, -0.2) is 16.6 Å². The molecule has 0 saturated carbocycles. The lowest BCUT2D eigenvalue weighted by atomic mass is 10.1. The summed E-state index contributed by atoms with van der Waals surface area (Å²) >= 11 is 0. The topological polar surface area (TPSA) is 54.4 Å². The van der Waals surface area contributed by atoms with Crippen molar-refractivity contribution in [2.24, 2.45) is 5.10 Å². The Morgan fingerprint density at radius 3 is 2.24 bits per heavy atom. The lowest BCUT2D eigenvalue weighted by Gasteiger charge is -2.04. The van der Waals surface area contributed by atoms with Crippen molar-refractivity contribution in [2.75, 3.05) is 0 Å². The lowest BCUT2D eigenvalue weighted by molar-refractivity contribution is 0.0954. The zero-order chi connectivity index (χ0) is 17.3. The fraction of sp³-hybridized carbons (Fsp3) is 0. The lowest BCUT2D eigenvalue weighted by Crippen LogP contribution is -2.19. The second kappa shape index (κ2) is 8.36. The zero-order valence-electron chi connectivity index (χ0n) is 13.5. The van der Waals surface area contributed by atoms with Gasteiger partial charge in [0.05, 0.1) is 11.3 Å². The molecule has 0 fully saturated rings. The molecule has 0 aliphatic rings. The van der Waals surface area contributed by atoms with Gasteiger partial charge in [0.2, 0.25) is 0 Å². The van der Waals surface area contributed by atoms with Crippen molar-refractivity contribution in [3.63, 3.8) is 0 Å². The number of hydrogen-bond acceptors (Lipinski definition) is 3. The Morgan fingerprint density at radius 1 is 0.880 bits per heavy atom. The molecular weight excluding hydrogens is 310 g/mol. The molecule has 1 aromatic heterocycles. The first kappa shape index (κ1) is 16.3. The SMILES string of the molecule is O=C(N/N=C(/C=C/c1ccccc1)c1ccccc1)c1cccnc1. The number of amides is 1. The number of nitrogens with one attached hydrogen (secondary N) is 1. The minimum Gasteiger partial charge on any atom is -0.267 e. The fourth-order valence-corrected chi connectivity index (χ4v) is 2.22. The minimum atomic E-state index is -0.297. The number of nitrogens with zero attached hydrogens (tertiary/aromatic N) is 2. The number of benzene rings is 2. The van der Waals surface area contributed by atoms with Crippen LogP contribution in [0, 0.1) is 0 Å². The van der Waals surface area contributed by atoms with Gasteiger partial charge >= 0.3 is 0 Å². The number of hydrogen-bond donors (Lipinski definition) is 1. The molecular formula is C21H17N3O. The first-order chi connectivity index (χ1) is 12.3. The van der Waals surface area contributed by atoms with Gasteiger partial charge in [0.15, 0.2) is 0 Å². The summed E-state index contributed by atoms with van der Waals surface area (Å²) in [7, 11) is 0. The highest BCUT2D eigenvalue weighted by atomic mass is 16.2. The van der Waals surface area contributed by atoms with E-state index in [0.29, 0.717) is 11.3 Å². The zero-order valence-corrected chi connectivity index (χ0v) is 13.5. The number of allylic oxidation sites excluding steroid dienone is 1. The van der Waals surface area contributed by atoms with Crippen molar-refractivity contribution in [1.82, 2.24) is 10.4 Å². The van der Waals surface area contributed by atoms with E-state index in [1.807, 2.05) is 72.8 Å². The molecule has 3 aromatic rings. The summed E-state index contributed by atoms with van der Waals surface area (Å²) in [5, 5.41) is 4.29. The van der Waals surface area contributed by atoms with Crippen LogP contribution in [0.3, 0.4) is 0 Å². The molecule has 1 heterocycles. The third kappa shape index (κ3) is 4.72. The molecule has 4 nitrogen and oxygen atoms in total. The van der Waals surface area contributed by atoms with Crippen LogP contribution in [0.25, 0.3) is 6.08 Å². The molecule has 0 unspecified atom stereocenters. The highest BCUT2D eigenvalue weighted by Crippen LogP contribution is 2.07. The molecule has 3 rings (SSSR count). The molecule has 4 heteroatoms. The average molecular weight is 327 g/mol. The summed E-state index contributed by atoms with van der Waals surface area (Å²) in [5.41, 5.74) is 5.70. The number of hydrazone groups is 1. The van der Waals surface area contributed by atoms with Crippen LogP contribution in [0.15, 0.2) is 96.4 Å². The van der Waals surface area contributed by atoms with Crippen LogP contribution in [0.1, 0.15) is 21.5 Å². The van der Waals surface area contributed by atoms with E-state index in [0.717, 1.165) is 11.1 Å². The van der Waals surface area contributed by atoms with Gasteiger partial charge in [0.25, 0.3) is 5.91 Å². The van der Waals surface area contributed by atoms with Crippen molar-refractivity contribution in [2.45, 2.75) is 0 Å². The smallest absolute Gasteiger partial charge is 0.267 e. The standard InChI is InChI=1S/C21H17N3O/c25-21(19-12-7-15-22-16-19)24-23-20(18-10-5-2-6-11-18)14-13-17-8-3-1-4-9-17/h1-16H,(H,24,25)/b14-13+,23-20-. The molecule has 1 N–H and O–H groups in total. The fourth-order valence-electron chi connectivity index (χ4n) is 2.22. The monoisotopic (exact) mass is 327 g/mol. The van der Waals surface area contributed by atoms with E-state index in [4.69, 9.17) is 0 Å². The summed E-state index contributed by atoms with van der Waals surface area (Å²) in [5.74, 6) is -0.297. The van der Waals surface area contributed by atoms with Crippen LogP contribution in [-0.2, 0) is 0 Å². The molecule has 25 heavy (non-hydrogen) atoms. The maximum Gasteiger partial charge on any atom is 0.272 e. The maximum atomic E-state index is 12.2. The van der Waals surface area contributed by atoms with E-state index in [1.54, 1.807) is 18.3 Å². The van der Waals surface area contributed by atoms with Crippen molar-refractivity contribution < 1.29 is 4.79 Å². The van der Waals surface area contributed by atoms with E-state index in [2.05, 4.69) is 15.5 Å². The summed E-state index contributed by atoms with van der Waals surface area (Å²) in [6.45, 7) is 0. The third-order valence-corrected chi connectivity index (χ3v) is 3.50. The Kier molecular flexibility index (Phi) is 5.46. The van der Waals surface area contributed by atoms with Gasteiger partial charge in [-0.2, -0.15) is 5.10 Å². The molecule has 0 aliphatic heterocycles. The third-order valence-electron chi connectivity index (χ3n) is 3.50. The van der Waals surface area contributed by atoms with Gasteiger partial charge in [-0.3, -0.25) is 9.78 Å². The number of carbonyl (C=O) groups is 1. The molecule has 0 aliphatic carbocycles. The Hall–Kier alpha value is -3.53. The van der Waals surface area contributed by atoms with Gasteiger partial charge in [-0.25, -0.2) is 5.43 Å². The minimum absolute atomic E-state index is 0.297. The van der Waals surface area contributed by atoms with Gasteiger partial charge in [-0.15, -0.1) is 0 Å². The summed E-state index contributed by atoms with van der Waals surface area (Å²) < 4.78 is 0. The first-order valence-electron chi connectivity index (χ1n) is 7.89. The Balaban J connectivity index is 1.84. The predicted octanol–water partition coefficient (Wildman–Crippen LogP) is 3.93. The summed E-state index contributed by atoms with van der Waals surface area (Å²) in [6, 6.07) is 23.1. The van der Waals surface area contributed by atoms with E-state index >= 15 is 0 Å². The van der Waals surface area contributed by atoms with Gasteiger partial charge in [-0.05, 0) is 23.8 Å². The van der Waals surface area contributed by atoms with E-state index in [-0.39, 0.29) is 5.91 Å². The van der Waals surface area contributed by atoms with Crippen molar-refractivity contribution in [3.05, 3.63) is 108 Å². The molecule has 0 spiro atoms. The molecule has 0 radical (unpaired) electrons. The van der Waals surface area contributed by atoms with Crippen molar-refractivity contribution in [1.29, 1.82) is 0 Å². The van der Waals surface area contributed by atoms with Crippen LogP contribution in [0.2, 0.25) is 0 Å². The maximum absolute atomic E-state index is 12.2. The number of carbonyl (C=O) groups excluding carboxylic acids is 1. The van der Waals surface area contributed by atoms with E-state index in [9.17, 15) is 4.79 Å². The molecule has 0 saturated heterocycles. The Morgan fingerprint density at radius 2 is 1.56 bits per heavy atom. The molecule has 0 bridgehead atoms. The van der Waals surface area contributed by atoms with E-state index < -0.39 is 0 Å². The average Bonchev–Trinajstić information content (AvgIpc) is 2.70. The Labute approximate surface area is 146 Å². The van der Waals surface area contributed by atoms with Crippen molar-refractivity contribution >= 4 is 17.7 Å². The quantitative estimate of drug-likeness (QED) is 0.570. The second-order valence-electron chi connectivity index (χ2n) is 5.29. The highest BCUT2D eigenvalue weighted by molar-refractivity contribution is 6.11. The predicted molar refractivity (Wildman–Crippen MR) is 100 cm³/mol. The van der Waals surface area contributed by atoms with Crippen LogP contribution < -0.4 is 5.43 Å². The first-order valence-corrected chi connectivity index (χ1v) is 7.89. The largest absolute Gasteiger partial charge is 0.272 e.